The molecule has 1 amide bonds. The van der Waals surface area contributed by atoms with Crippen molar-refractivity contribution >= 4 is 29.0 Å². The van der Waals surface area contributed by atoms with E-state index in [0.29, 0.717) is 42.3 Å². The molecule has 2 aliphatic heterocycles. The van der Waals surface area contributed by atoms with Crippen LogP contribution in [0.5, 0.6) is 0 Å². The molecule has 1 fully saturated rings. The second-order valence-corrected chi connectivity index (χ2v) is 8.79. The quantitative estimate of drug-likeness (QED) is 0.468. The van der Waals surface area contributed by atoms with Gasteiger partial charge in [0.1, 0.15) is 5.82 Å². The van der Waals surface area contributed by atoms with Crippen molar-refractivity contribution in [3.63, 3.8) is 0 Å². The van der Waals surface area contributed by atoms with Crippen LogP contribution < -0.4 is 16.4 Å². The minimum Gasteiger partial charge on any atom is -0.399 e. The number of fused-ring (bicyclic) bond motifs is 1. The second kappa shape index (κ2) is 8.40. The van der Waals surface area contributed by atoms with Crippen molar-refractivity contribution in [2.24, 2.45) is 11.8 Å². The summed E-state index contributed by atoms with van der Waals surface area (Å²) in [5.74, 6) is 0.582. The first-order valence-electron chi connectivity index (χ1n) is 10.3. The molecule has 4 rings (SSSR count). The zero-order valence-electron chi connectivity index (χ0n) is 17.6. The van der Waals surface area contributed by atoms with Gasteiger partial charge in [0.2, 0.25) is 11.2 Å². The standard InChI is InChI=1S/C21H24ClF3N6O/c1-10-6-27-7-15(10)19(32)31-8-16-17(9-31)29-20(22)30-18(16)28-11(2)12-3-13(21(23,24)25)5-14(26)4-12/h3-5,10-11,15,27H,6-9,26H2,1-2H3,(H,28,29,30)/t10-,11+,15+/m0/s1. The summed E-state index contributed by atoms with van der Waals surface area (Å²) in [6.07, 6.45) is -4.50. The summed E-state index contributed by atoms with van der Waals surface area (Å²) >= 11 is 6.10. The highest BCUT2D eigenvalue weighted by molar-refractivity contribution is 6.28. The molecule has 0 saturated carbocycles. The Bertz CT molecular complexity index is 1050. The first-order valence-corrected chi connectivity index (χ1v) is 10.7. The number of halogens is 4. The third kappa shape index (κ3) is 4.47. The van der Waals surface area contributed by atoms with E-state index >= 15 is 0 Å². The highest BCUT2D eigenvalue weighted by Gasteiger charge is 2.37. The Morgan fingerprint density at radius 3 is 2.69 bits per heavy atom. The van der Waals surface area contributed by atoms with Crippen molar-refractivity contribution in [1.29, 1.82) is 0 Å². The molecule has 0 unspecified atom stereocenters. The van der Waals surface area contributed by atoms with Crippen LogP contribution in [-0.2, 0) is 24.1 Å². The number of benzene rings is 1. The fourth-order valence-electron chi connectivity index (χ4n) is 4.25. The van der Waals surface area contributed by atoms with Crippen LogP contribution in [-0.4, -0.2) is 33.9 Å². The maximum atomic E-state index is 13.2. The first-order chi connectivity index (χ1) is 15.0. The van der Waals surface area contributed by atoms with E-state index < -0.39 is 17.8 Å². The molecule has 3 atom stereocenters. The molecule has 1 saturated heterocycles. The van der Waals surface area contributed by atoms with E-state index in [1.807, 2.05) is 6.92 Å². The largest absolute Gasteiger partial charge is 0.416 e. The van der Waals surface area contributed by atoms with Gasteiger partial charge in [0.05, 0.1) is 36.3 Å². The van der Waals surface area contributed by atoms with Gasteiger partial charge in [-0.05, 0) is 54.7 Å². The lowest BCUT2D eigenvalue weighted by molar-refractivity contribution is -0.138. The summed E-state index contributed by atoms with van der Waals surface area (Å²) < 4.78 is 39.6. The number of nitrogen functional groups attached to an aromatic ring is 1. The fraction of sp³-hybridized carbons (Fsp3) is 0.476. The van der Waals surface area contributed by atoms with Crippen LogP contribution in [0.4, 0.5) is 24.7 Å². The smallest absolute Gasteiger partial charge is 0.399 e. The van der Waals surface area contributed by atoms with Gasteiger partial charge in [0.25, 0.3) is 0 Å². The van der Waals surface area contributed by atoms with Gasteiger partial charge in [-0.15, -0.1) is 0 Å². The van der Waals surface area contributed by atoms with Crippen LogP contribution in [0.15, 0.2) is 18.2 Å². The average Bonchev–Trinajstić information content (AvgIpc) is 3.32. The maximum Gasteiger partial charge on any atom is 0.416 e. The maximum absolute atomic E-state index is 13.2. The Morgan fingerprint density at radius 2 is 2.03 bits per heavy atom. The van der Waals surface area contributed by atoms with E-state index in [4.69, 9.17) is 17.3 Å². The van der Waals surface area contributed by atoms with Gasteiger partial charge >= 0.3 is 6.18 Å². The molecule has 11 heteroatoms. The lowest BCUT2D eigenvalue weighted by Crippen LogP contribution is -2.35. The van der Waals surface area contributed by atoms with Gasteiger partial charge < -0.3 is 21.3 Å². The monoisotopic (exact) mass is 468 g/mol. The van der Waals surface area contributed by atoms with E-state index in [0.717, 1.165) is 18.7 Å². The van der Waals surface area contributed by atoms with Gasteiger partial charge in [0.15, 0.2) is 0 Å². The minimum absolute atomic E-state index is 0.00667. The zero-order valence-corrected chi connectivity index (χ0v) is 18.4. The van der Waals surface area contributed by atoms with Crippen molar-refractivity contribution < 1.29 is 18.0 Å². The Kier molecular flexibility index (Phi) is 5.93. The molecule has 0 bridgehead atoms. The van der Waals surface area contributed by atoms with Crippen molar-refractivity contribution in [3.05, 3.63) is 45.9 Å². The summed E-state index contributed by atoms with van der Waals surface area (Å²) in [4.78, 5) is 23.2. The number of carbonyl (C=O) groups excluding carboxylic acids is 1. The van der Waals surface area contributed by atoms with Crippen molar-refractivity contribution in [2.45, 2.75) is 39.2 Å². The molecule has 3 heterocycles. The van der Waals surface area contributed by atoms with Crippen LogP contribution in [0.1, 0.15) is 42.3 Å². The second-order valence-electron chi connectivity index (χ2n) is 8.45. The molecule has 172 valence electrons. The Morgan fingerprint density at radius 1 is 1.28 bits per heavy atom. The van der Waals surface area contributed by atoms with Crippen LogP contribution in [0.3, 0.4) is 0 Å². The van der Waals surface area contributed by atoms with Crippen molar-refractivity contribution in [2.75, 3.05) is 24.1 Å². The molecule has 7 nitrogen and oxygen atoms in total. The Labute approximate surface area is 188 Å². The molecule has 32 heavy (non-hydrogen) atoms. The number of rotatable bonds is 4. The summed E-state index contributed by atoms with van der Waals surface area (Å²) in [5.41, 5.74) is 6.61. The molecule has 2 aliphatic rings. The molecule has 0 spiro atoms. The summed E-state index contributed by atoms with van der Waals surface area (Å²) in [6, 6.07) is 2.90. The molecule has 0 aliphatic carbocycles. The van der Waals surface area contributed by atoms with E-state index in [-0.39, 0.29) is 28.7 Å². The summed E-state index contributed by atoms with van der Waals surface area (Å²) in [7, 11) is 0. The highest BCUT2D eigenvalue weighted by atomic mass is 35.5. The Balaban J connectivity index is 1.57. The van der Waals surface area contributed by atoms with Crippen LogP contribution >= 0.6 is 11.6 Å². The number of anilines is 2. The predicted octanol–water partition coefficient (Wildman–Crippen LogP) is 3.60. The SMILES string of the molecule is C[C@@H](Nc1nc(Cl)nc2c1CN(C(=O)[C@@H]1CNC[C@@H]1C)C2)c1cc(N)cc(C(F)(F)F)c1. The number of amides is 1. The molecule has 4 N–H and O–H groups in total. The number of nitrogens with two attached hydrogens (primary N) is 1. The number of alkyl halides is 3. The van der Waals surface area contributed by atoms with Crippen molar-refractivity contribution in [1.82, 2.24) is 20.2 Å². The number of aromatic nitrogens is 2. The van der Waals surface area contributed by atoms with Crippen LogP contribution in [0.25, 0.3) is 0 Å². The number of hydrogen-bond acceptors (Lipinski definition) is 6. The summed E-state index contributed by atoms with van der Waals surface area (Å²) in [6.45, 7) is 5.82. The lowest BCUT2D eigenvalue weighted by Gasteiger charge is -2.22. The predicted molar refractivity (Wildman–Crippen MR) is 115 cm³/mol. The highest BCUT2D eigenvalue weighted by Crippen LogP contribution is 2.35. The van der Waals surface area contributed by atoms with Gasteiger partial charge in [-0.25, -0.2) is 9.97 Å². The lowest BCUT2D eigenvalue weighted by atomic mass is 9.97. The molecule has 2 aromatic rings. The van der Waals surface area contributed by atoms with Gasteiger partial charge in [-0.2, -0.15) is 13.2 Å². The van der Waals surface area contributed by atoms with E-state index in [1.54, 1.807) is 11.8 Å². The number of nitrogens with zero attached hydrogens (tertiary/aromatic N) is 3. The number of nitrogens with one attached hydrogen (secondary N) is 2. The third-order valence-corrected chi connectivity index (χ3v) is 6.23. The number of carbonyl (C=O) groups is 1. The number of hydrogen-bond donors (Lipinski definition) is 3. The molecule has 0 radical (unpaired) electrons. The van der Waals surface area contributed by atoms with Gasteiger partial charge in [-0.1, -0.05) is 6.92 Å². The normalized spacial score (nSPS) is 21.5. The zero-order chi connectivity index (χ0) is 23.2. The molecule has 1 aromatic heterocycles. The van der Waals surface area contributed by atoms with Gasteiger partial charge in [0, 0.05) is 17.8 Å². The third-order valence-electron chi connectivity index (χ3n) is 6.06. The van der Waals surface area contributed by atoms with E-state index in [9.17, 15) is 18.0 Å². The van der Waals surface area contributed by atoms with Crippen LogP contribution in [0, 0.1) is 11.8 Å². The molecular weight excluding hydrogens is 445 g/mol. The average molecular weight is 469 g/mol. The van der Waals surface area contributed by atoms with E-state index in [2.05, 4.69) is 20.6 Å². The minimum atomic E-state index is -4.50. The van der Waals surface area contributed by atoms with E-state index in [1.165, 1.54) is 6.07 Å². The van der Waals surface area contributed by atoms with Crippen LogP contribution in [0.2, 0.25) is 5.28 Å². The Hall–Kier alpha value is -2.59. The topological polar surface area (TPSA) is 96.2 Å². The van der Waals surface area contributed by atoms with Gasteiger partial charge in [-0.3, -0.25) is 4.79 Å². The molecular formula is C21H24ClF3N6O. The summed E-state index contributed by atoms with van der Waals surface area (Å²) in [5, 5.41) is 6.37. The van der Waals surface area contributed by atoms with Crippen molar-refractivity contribution in [3.8, 4) is 0 Å². The molecule has 1 aromatic carbocycles. The fourth-order valence-corrected chi connectivity index (χ4v) is 4.44. The first kappa shape index (κ1) is 22.6.